The molecule has 0 saturated heterocycles. The summed E-state index contributed by atoms with van der Waals surface area (Å²) >= 11 is 1.43. The number of ether oxygens (including phenoxy) is 1. The third kappa shape index (κ3) is 4.58. The fourth-order valence-electron chi connectivity index (χ4n) is 3.42. The highest BCUT2D eigenvalue weighted by atomic mass is 32.1. The number of thiophene rings is 1. The van der Waals surface area contributed by atoms with Crippen LogP contribution in [0.5, 0.6) is 0 Å². The van der Waals surface area contributed by atoms with E-state index in [1.807, 2.05) is 24.4 Å². The zero-order chi connectivity index (χ0) is 22.0. The average Bonchev–Trinajstić information content (AvgIpc) is 3.18. The quantitative estimate of drug-likeness (QED) is 0.463. The first kappa shape index (κ1) is 21.4. The van der Waals surface area contributed by atoms with E-state index in [0.29, 0.717) is 15.8 Å². The highest BCUT2D eigenvalue weighted by molar-refractivity contribution is 7.17. The summed E-state index contributed by atoms with van der Waals surface area (Å²) in [7, 11) is 0. The van der Waals surface area contributed by atoms with E-state index in [1.165, 1.54) is 33.9 Å². The molecule has 1 N–H and O–H groups in total. The van der Waals surface area contributed by atoms with E-state index in [1.54, 1.807) is 18.2 Å². The Kier molecular flexibility index (Phi) is 6.27. The summed E-state index contributed by atoms with van der Waals surface area (Å²) in [6.45, 7) is 4.17. The van der Waals surface area contributed by atoms with Gasteiger partial charge in [-0.15, -0.1) is 11.3 Å². The summed E-state index contributed by atoms with van der Waals surface area (Å²) < 4.78 is 20.5. The van der Waals surface area contributed by atoms with Crippen molar-refractivity contribution in [2.75, 3.05) is 6.61 Å². The molecule has 0 fully saturated rings. The lowest BCUT2D eigenvalue weighted by Gasteiger charge is -2.13. The minimum Gasteiger partial charge on any atom is -0.389 e. The van der Waals surface area contributed by atoms with Crippen molar-refractivity contribution in [3.8, 4) is 11.1 Å². The van der Waals surface area contributed by atoms with E-state index >= 15 is 0 Å². The topological polar surface area (TPSA) is 64.3 Å². The van der Waals surface area contributed by atoms with Crippen LogP contribution in [0, 0.1) is 19.7 Å². The molecule has 2 aromatic carbocycles. The van der Waals surface area contributed by atoms with E-state index in [0.717, 1.165) is 16.7 Å². The van der Waals surface area contributed by atoms with Crippen LogP contribution < -0.4 is 5.56 Å². The number of aromatic nitrogens is 2. The smallest absolute Gasteiger partial charge is 0.262 e. The number of aryl methyl sites for hydroxylation is 2. The second kappa shape index (κ2) is 9.09. The first-order valence-electron chi connectivity index (χ1n) is 9.97. The molecule has 31 heavy (non-hydrogen) atoms. The van der Waals surface area contributed by atoms with Gasteiger partial charge in [0.15, 0.2) is 0 Å². The van der Waals surface area contributed by atoms with Crippen molar-refractivity contribution < 1.29 is 14.2 Å². The van der Waals surface area contributed by atoms with Gasteiger partial charge in [-0.05, 0) is 36.6 Å². The van der Waals surface area contributed by atoms with Gasteiger partial charge in [0.25, 0.3) is 5.56 Å². The SMILES string of the molecule is Cc1ccc(-c2csc3ncn(CC(O)COCc4ccccc4F)c(=O)c23)cc1C. The van der Waals surface area contributed by atoms with Gasteiger partial charge in [-0.1, -0.05) is 36.4 Å². The van der Waals surface area contributed by atoms with Gasteiger partial charge < -0.3 is 9.84 Å². The van der Waals surface area contributed by atoms with Crippen molar-refractivity contribution in [3.63, 3.8) is 0 Å². The molecule has 0 radical (unpaired) electrons. The molecular weight excluding hydrogens is 415 g/mol. The zero-order valence-electron chi connectivity index (χ0n) is 17.3. The lowest BCUT2D eigenvalue weighted by Crippen LogP contribution is -2.29. The number of rotatable bonds is 7. The summed E-state index contributed by atoms with van der Waals surface area (Å²) in [5.41, 5.74) is 4.39. The zero-order valence-corrected chi connectivity index (χ0v) is 18.2. The van der Waals surface area contributed by atoms with Crippen LogP contribution in [0.15, 0.2) is 59.0 Å². The number of aliphatic hydroxyl groups excluding tert-OH is 1. The van der Waals surface area contributed by atoms with Gasteiger partial charge in [-0.3, -0.25) is 9.36 Å². The van der Waals surface area contributed by atoms with Crippen molar-refractivity contribution in [1.29, 1.82) is 0 Å². The lowest BCUT2D eigenvalue weighted by molar-refractivity contribution is 0.0189. The Hall–Kier alpha value is -2.87. The maximum absolute atomic E-state index is 13.7. The molecule has 0 amide bonds. The fourth-order valence-corrected chi connectivity index (χ4v) is 4.33. The molecule has 0 bridgehead atoms. The molecule has 4 aromatic rings. The van der Waals surface area contributed by atoms with Gasteiger partial charge in [-0.2, -0.15) is 0 Å². The highest BCUT2D eigenvalue weighted by Crippen LogP contribution is 2.31. The van der Waals surface area contributed by atoms with Crippen LogP contribution in [0.1, 0.15) is 16.7 Å². The Balaban J connectivity index is 1.52. The Morgan fingerprint density at radius 2 is 2.00 bits per heavy atom. The van der Waals surface area contributed by atoms with E-state index in [9.17, 15) is 14.3 Å². The fraction of sp³-hybridized carbons (Fsp3) is 0.250. The van der Waals surface area contributed by atoms with Gasteiger partial charge in [0.2, 0.25) is 0 Å². The number of fused-ring (bicyclic) bond motifs is 1. The van der Waals surface area contributed by atoms with Crippen LogP contribution in [0.2, 0.25) is 0 Å². The molecule has 5 nitrogen and oxygen atoms in total. The Labute approximate surface area is 183 Å². The average molecular weight is 439 g/mol. The van der Waals surface area contributed by atoms with E-state index in [-0.39, 0.29) is 31.1 Å². The van der Waals surface area contributed by atoms with Crippen LogP contribution in [0.3, 0.4) is 0 Å². The number of aliphatic hydroxyl groups is 1. The van der Waals surface area contributed by atoms with Crippen LogP contribution in [0.4, 0.5) is 4.39 Å². The summed E-state index contributed by atoms with van der Waals surface area (Å²) in [5.74, 6) is -0.348. The predicted molar refractivity (Wildman–Crippen MR) is 121 cm³/mol. The summed E-state index contributed by atoms with van der Waals surface area (Å²) in [4.78, 5) is 18.2. The monoisotopic (exact) mass is 438 g/mol. The van der Waals surface area contributed by atoms with E-state index in [4.69, 9.17) is 4.74 Å². The maximum Gasteiger partial charge on any atom is 0.262 e. The molecule has 1 atom stereocenters. The van der Waals surface area contributed by atoms with Crippen molar-refractivity contribution in [2.24, 2.45) is 0 Å². The number of hydrogen-bond acceptors (Lipinski definition) is 5. The largest absolute Gasteiger partial charge is 0.389 e. The third-order valence-corrected chi connectivity index (χ3v) is 6.20. The summed E-state index contributed by atoms with van der Waals surface area (Å²) in [5, 5.41) is 12.8. The standard InChI is InChI=1S/C24H23FN2O3S/c1-15-7-8-17(9-16(15)2)20-13-31-23-22(20)24(29)27(14-26-23)10-19(28)12-30-11-18-5-3-4-6-21(18)25/h3-9,13-14,19,28H,10-12H2,1-2H3. The van der Waals surface area contributed by atoms with Gasteiger partial charge >= 0.3 is 0 Å². The van der Waals surface area contributed by atoms with Crippen LogP contribution in [-0.4, -0.2) is 27.4 Å². The van der Waals surface area contributed by atoms with Crippen LogP contribution in [-0.2, 0) is 17.9 Å². The second-order valence-electron chi connectivity index (χ2n) is 7.59. The van der Waals surface area contributed by atoms with Crippen LogP contribution in [0.25, 0.3) is 21.3 Å². The van der Waals surface area contributed by atoms with Crippen LogP contribution >= 0.6 is 11.3 Å². The number of nitrogens with zero attached hydrogens (tertiary/aromatic N) is 2. The normalized spacial score (nSPS) is 12.4. The minimum atomic E-state index is -0.924. The highest BCUT2D eigenvalue weighted by Gasteiger charge is 2.16. The molecule has 2 heterocycles. The molecule has 0 aliphatic heterocycles. The Morgan fingerprint density at radius 3 is 2.77 bits per heavy atom. The molecular formula is C24H23FN2O3S. The molecule has 0 aliphatic carbocycles. The molecule has 2 aromatic heterocycles. The predicted octanol–water partition coefficient (Wildman–Crippen LogP) is 4.46. The second-order valence-corrected chi connectivity index (χ2v) is 8.45. The molecule has 0 aliphatic rings. The Morgan fingerprint density at radius 1 is 1.19 bits per heavy atom. The van der Waals surface area contributed by atoms with Gasteiger partial charge in [-0.25, -0.2) is 9.37 Å². The van der Waals surface area contributed by atoms with Crippen molar-refractivity contribution in [2.45, 2.75) is 33.1 Å². The molecule has 7 heteroatoms. The number of hydrogen-bond donors (Lipinski definition) is 1. The maximum atomic E-state index is 13.7. The number of benzene rings is 2. The first-order valence-corrected chi connectivity index (χ1v) is 10.9. The van der Waals surface area contributed by atoms with Crippen molar-refractivity contribution in [1.82, 2.24) is 9.55 Å². The molecule has 0 saturated carbocycles. The molecule has 1 unspecified atom stereocenters. The Bertz CT molecular complexity index is 1280. The summed E-state index contributed by atoms with van der Waals surface area (Å²) in [6, 6.07) is 12.5. The van der Waals surface area contributed by atoms with E-state index < -0.39 is 6.10 Å². The van der Waals surface area contributed by atoms with E-state index in [2.05, 4.69) is 18.0 Å². The van der Waals surface area contributed by atoms with Gasteiger partial charge in [0.1, 0.15) is 10.6 Å². The molecule has 160 valence electrons. The first-order chi connectivity index (χ1) is 14.9. The van der Waals surface area contributed by atoms with Crippen molar-refractivity contribution in [3.05, 3.63) is 87.0 Å². The van der Waals surface area contributed by atoms with Gasteiger partial charge in [0.05, 0.1) is 37.6 Å². The third-order valence-electron chi connectivity index (χ3n) is 5.31. The molecule has 0 spiro atoms. The number of halogens is 1. The lowest BCUT2D eigenvalue weighted by atomic mass is 10.0. The minimum absolute atomic E-state index is 0.0214. The summed E-state index contributed by atoms with van der Waals surface area (Å²) in [6.07, 6.45) is 0.526. The van der Waals surface area contributed by atoms with Crippen molar-refractivity contribution >= 4 is 21.6 Å². The van der Waals surface area contributed by atoms with Gasteiger partial charge in [0, 0.05) is 16.5 Å². The molecule has 4 rings (SSSR count).